The summed E-state index contributed by atoms with van der Waals surface area (Å²) in [4.78, 5) is 14.1. The van der Waals surface area contributed by atoms with E-state index < -0.39 is 5.60 Å². The number of benzene rings is 1. The number of nitrogens with zero attached hydrogens (tertiary/aromatic N) is 1. The molecule has 1 aliphatic heterocycles. The summed E-state index contributed by atoms with van der Waals surface area (Å²) in [6, 6.07) is 3.86. The highest BCUT2D eigenvalue weighted by atomic mass is 35.5. The zero-order chi connectivity index (χ0) is 16.0. The summed E-state index contributed by atoms with van der Waals surface area (Å²) in [5.41, 5.74) is 1.82. The van der Waals surface area contributed by atoms with E-state index in [2.05, 4.69) is 5.32 Å². The number of rotatable bonds is 0. The maximum atomic E-state index is 12.5. The van der Waals surface area contributed by atoms with Gasteiger partial charge in [-0.1, -0.05) is 11.6 Å². The fourth-order valence-electron chi connectivity index (χ4n) is 2.46. The maximum absolute atomic E-state index is 12.5. The summed E-state index contributed by atoms with van der Waals surface area (Å²) in [6.45, 7) is 12.1. The van der Waals surface area contributed by atoms with Gasteiger partial charge in [0.25, 0.3) is 0 Å². The van der Waals surface area contributed by atoms with Crippen molar-refractivity contribution in [2.75, 3.05) is 16.8 Å². The minimum Gasteiger partial charge on any atom is -0.443 e. The van der Waals surface area contributed by atoms with Gasteiger partial charge in [-0.05, 0) is 59.2 Å². The Morgan fingerprint density at radius 2 is 2.00 bits per heavy atom. The quantitative estimate of drug-likeness (QED) is 0.761. The summed E-state index contributed by atoms with van der Waals surface area (Å²) in [5.74, 6) is 0. The lowest BCUT2D eigenvalue weighted by Gasteiger charge is -2.41. The molecule has 0 radical (unpaired) electrons. The van der Waals surface area contributed by atoms with Crippen molar-refractivity contribution in [1.29, 1.82) is 0 Å². The molecule has 0 fully saturated rings. The first kappa shape index (κ1) is 16.0. The third-order valence-corrected chi connectivity index (χ3v) is 3.41. The van der Waals surface area contributed by atoms with E-state index in [9.17, 15) is 4.79 Å². The molecule has 0 aliphatic carbocycles. The number of anilines is 2. The van der Waals surface area contributed by atoms with Crippen LogP contribution < -0.4 is 10.2 Å². The van der Waals surface area contributed by atoms with E-state index in [1.807, 2.05) is 53.7 Å². The molecule has 1 aliphatic rings. The van der Waals surface area contributed by atoms with Crippen molar-refractivity contribution < 1.29 is 9.53 Å². The van der Waals surface area contributed by atoms with Crippen LogP contribution in [-0.4, -0.2) is 23.8 Å². The van der Waals surface area contributed by atoms with Crippen LogP contribution in [-0.2, 0) is 4.74 Å². The second-order valence-corrected chi connectivity index (χ2v) is 7.63. The third kappa shape index (κ3) is 3.62. The molecule has 0 bridgehead atoms. The molecule has 1 amide bonds. The van der Waals surface area contributed by atoms with E-state index in [4.69, 9.17) is 16.3 Å². The number of hydrogen-bond acceptors (Lipinski definition) is 3. The van der Waals surface area contributed by atoms with Crippen LogP contribution in [0.25, 0.3) is 0 Å². The van der Waals surface area contributed by atoms with Gasteiger partial charge in [0.2, 0.25) is 0 Å². The predicted molar refractivity (Wildman–Crippen MR) is 87.5 cm³/mol. The van der Waals surface area contributed by atoms with Crippen LogP contribution >= 0.6 is 11.6 Å². The summed E-state index contributed by atoms with van der Waals surface area (Å²) in [6.07, 6.45) is -0.371. The fraction of sp³-hybridized carbons (Fsp3) is 0.562. The van der Waals surface area contributed by atoms with Crippen molar-refractivity contribution in [3.05, 3.63) is 22.7 Å². The van der Waals surface area contributed by atoms with Gasteiger partial charge in [-0.15, -0.1) is 0 Å². The van der Waals surface area contributed by atoms with Gasteiger partial charge in [0.1, 0.15) is 5.60 Å². The van der Waals surface area contributed by atoms with Gasteiger partial charge < -0.3 is 10.1 Å². The average Bonchev–Trinajstić information content (AvgIpc) is 2.22. The highest BCUT2D eigenvalue weighted by Crippen LogP contribution is 2.41. The van der Waals surface area contributed by atoms with Gasteiger partial charge in [-0.3, -0.25) is 4.90 Å². The Hall–Kier alpha value is -1.42. The first-order chi connectivity index (χ1) is 9.48. The lowest BCUT2D eigenvalue weighted by atomic mass is 9.99. The summed E-state index contributed by atoms with van der Waals surface area (Å²) in [5, 5.41) is 3.99. The molecule has 0 saturated heterocycles. The van der Waals surface area contributed by atoms with Crippen LogP contribution in [0.15, 0.2) is 12.1 Å². The number of carbonyl (C=O) groups is 1. The lowest BCUT2D eigenvalue weighted by Crippen LogP contribution is -2.52. The zero-order valence-corrected chi connectivity index (χ0v) is 14.3. The largest absolute Gasteiger partial charge is 0.443 e. The fourth-order valence-corrected chi connectivity index (χ4v) is 2.83. The van der Waals surface area contributed by atoms with Crippen LogP contribution in [0.1, 0.15) is 40.2 Å². The SMILES string of the molecule is Cc1cc(Cl)c2c(c1)NC(C)(C)CN2C(=O)OC(C)(C)C. The van der Waals surface area contributed by atoms with Crippen molar-refractivity contribution in [2.24, 2.45) is 0 Å². The number of carbonyl (C=O) groups excluding carboxylic acids is 1. The van der Waals surface area contributed by atoms with E-state index >= 15 is 0 Å². The second-order valence-electron chi connectivity index (χ2n) is 7.22. The Bertz CT molecular complexity index is 576. The topological polar surface area (TPSA) is 41.6 Å². The minimum atomic E-state index is -0.538. The van der Waals surface area contributed by atoms with E-state index in [-0.39, 0.29) is 11.6 Å². The van der Waals surface area contributed by atoms with Crippen LogP contribution in [0.2, 0.25) is 5.02 Å². The van der Waals surface area contributed by atoms with Gasteiger partial charge in [0, 0.05) is 5.54 Å². The number of hydrogen-bond donors (Lipinski definition) is 1. The molecule has 1 N–H and O–H groups in total. The van der Waals surface area contributed by atoms with E-state index in [1.54, 1.807) is 4.90 Å². The molecule has 5 heteroatoms. The Morgan fingerprint density at radius 1 is 1.38 bits per heavy atom. The smallest absolute Gasteiger partial charge is 0.415 e. The Balaban J connectivity index is 2.46. The predicted octanol–water partition coefficient (Wildman–Crippen LogP) is 4.59. The highest BCUT2D eigenvalue weighted by Gasteiger charge is 2.36. The van der Waals surface area contributed by atoms with Gasteiger partial charge in [0.05, 0.1) is 22.9 Å². The van der Waals surface area contributed by atoms with Crippen molar-refractivity contribution in [1.82, 2.24) is 0 Å². The maximum Gasteiger partial charge on any atom is 0.415 e. The van der Waals surface area contributed by atoms with Gasteiger partial charge >= 0.3 is 6.09 Å². The standard InChI is InChI=1S/C16H23ClN2O2/c1-10-7-11(17)13-12(8-10)18-16(5,6)9-19(13)14(20)21-15(2,3)4/h7-8,18H,9H2,1-6H3. The number of aryl methyl sites for hydroxylation is 1. The molecule has 0 unspecified atom stereocenters. The van der Waals surface area contributed by atoms with Crippen molar-refractivity contribution >= 4 is 29.1 Å². The number of amides is 1. The van der Waals surface area contributed by atoms with Crippen LogP contribution in [0.4, 0.5) is 16.2 Å². The molecule has 21 heavy (non-hydrogen) atoms. The molecular weight excluding hydrogens is 288 g/mol. The Morgan fingerprint density at radius 3 is 2.57 bits per heavy atom. The molecule has 116 valence electrons. The molecule has 1 heterocycles. The Labute approximate surface area is 131 Å². The van der Waals surface area contributed by atoms with Crippen LogP contribution in [0.5, 0.6) is 0 Å². The van der Waals surface area contributed by atoms with Gasteiger partial charge in [-0.25, -0.2) is 4.79 Å². The molecule has 0 saturated carbocycles. The number of nitrogens with one attached hydrogen (secondary N) is 1. The lowest BCUT2D eigenvalue weighted by molar-refractivity contribution is 0.0573. The molecule has 1 aromatic carbocycles. The van der Waals surface area contributed by atoms with E-state index in [1.165, 1.54) is 0 Å². The monoisotopic (exact) mass is 310 g/mol. The number of halogens is 1. The van der Waals surface area contributed by atoms with E-state index in [0.29, 0.717) is 17.3 Å². The van der Waals surface area contributed by atoms with Crippen molar-refractivity contribution in [3.63, 3.8) is 0 Å². The summed E-state index contributed by atoms with van der Waals surface area (Å²) < 4.78 is 5.51. The summed E-state index contributed by atoms with van der Waals surface area (Å²) >= 11 is 6.36. The average molecular weight is 311 g/mol. The molecule has 0 aromatic heterocycles. The third-order valence-electron chi connectivity index (χ3n) is 3.12. The Kier molecular flexibility index (Phi) is 3.87. The number of fused-ring (bicyclic) bond motifs is 1. The highest BCUT2D eigenvalue weighted by molar-refractivity contribution is 6.34. The molecule has 2 rings (SSSR count). The van der Waals surface area contributed by atoms with Gasteiger partial charge in [0.15, 0.2) is 0 Å². The van der Waals surface area contributed by atoms with Crippen LogP contribution in [0, 0.1) is 6.92 Å². The summed E-state index contributed by atoms with van der Waals surface area (Å²) in [7, 11) is 0. The van der Waals surface area contributed by atoms with E-state index in [0.717, 1.165) is 11.3 Å². The second kappa shape index (κ2) is 5.09. The normalized spacial score (nSPS) is 17.0. The minimum absolute atomic E-state index is 0.249. The number of ether oxygens (including phenoxy) is 1. The van der Waals surface area contributed by atoms with Crippen molar-refractivity contribution in [2.45, 2.75) is 52.7 Å². The first-order valence-electron chi connectivity index (χ1n) is 7.07. The van der Waals surface area contributed by atoms with Gasteiger partial charge in [-0.2, -0.15) is 0 Å². The van der Waals surface area contributed by atoms with Crippen molar-refractivity contribution in [3.8, 4) is 0 Å². The molecule has 4 nitrogen and oxygen atoms in total. The molecule has 0 spiro atoms. The molecule has 1 aromatic rings. The first-order valence-corrected chi connectivity index (χ1v) is 7.45. The molecule has 0 atom stereocenters. The molecular formula is C16H23ClN2O2. The zero-order valence-electron chi connectivity index (χ0n) is 13.5. The van der Waals surface area contributed by atoms with Crippen LogP contribution in [0.3, 0.4) is 0 Å².